The van der Waals surface area contributed by atoms with Crippen LogP contribution in [0, 0.1) is 13.8 Å². The standard InChI is InChI=1S/C16H28N4O2/c1-5-20-12(3)13(11(2)19-20)10-17-16(21)18-14-8-6-7-9-15(14)22-4/h14-15H,5-10H2,1-4H3,(H2,17,18,21)/t14-,15+/m1/s1. The molecule has 124 valence electrons. The van der Waals surface area contributed by atoms with Crippen LogP contribution in [0.15, 0.2) is 0 Å². The number of methoxy groups -OCH3 is 1. The van der Waals surface area contributed by atoms with Gasteiger partial charge in [-0.25, -0.2) is 4.79 Å². The Hall–Kier alpha value is -1.56. The minimum atomic E-state index is -0.128. The first-order chi connectivity index (χ1) is 10.6. The minimum Gasteiger partial charge on any atom is -0.379 e. The molecular formula is C16H28N4O2. The Morgan fingerprint density at radius 1 is 1.36 bits per heavy atom. The molecular weight excluding hydrogens is 280 g/mol. The number of nitrogens with zero attached hydrogens (tertiary/aromatic N) is 2. The lowest BCUT2D eigenvalue weighted by Crippen LogP contribution is -2.49. The first kappa shape index (κ1) is 16.8. The van der Waals surface area contributed by atoms with E-state index in [-0.39, 0.29) is 18.2 Å². The average molecular weight is 308 g/mol. The lowest BCUT2D eigenvalue weighted by molar-refractivity contribution is 0.0452. The molecule has 0 unspecified atom stereocenters. The fourth-order valence-corrected chi connectivity index (χ4v) is 3.23. The van der Waals surface area contributed by atoms with Crippen LogP contribution in [-0.2, 0) is 17.8 Å². The van der Waals surface area contributed by atoms with Crippen LogP contribution in [0.5, 0.6) is 0 Å². The number of hydrogen-bond donors (Lipinski definition) is 2. The molecule has 0 saturated heterocycles. The molecule has 0 radical (unpaired) electrons. The topological polar surface area (TPSA) is 68.2 Å². The van der Waals surface area contributed by atoms with Crippen LogP contribution in [0.25, 0.3) is 0 Å². The van der Waals surface area contributed by atoms with Gasteiger partial charge in [-0.1, -0.05) is 12.8 Å². The molecule has 0 spiro atoms. The third kappa shape index (κ3) is 3.80. The summed E-state index contributed by atoms with van der Waals surface area (Å²) in [6.07, 6.45) is 4.45. The zero-order chi connectivity index (χ0) is 16.1. The zero-order valence-corrected chi connectivity index (χ0v) is 14.1. The first-order valence-electron chi connectivity index (χ1n) is 8.16. The van der Waals surface area contributed by atoms with Crippen molar-refractivity contribution in [2.24, 2.45) is 0 Å². The Balaban J connectivity index is 1.89. The lowest BCUT2D eigenvalue weighted by atomic mass is 9.92. The highest BCUT2D eigenvalue weighted by atomic mass is 16.5. The van der Waals surface area contributed by atoms with Crippen LogP contribution in [0.4, 0.5) is 4.79 Å². The van der Waals surface area contributed by atoms with Gasteiger partial charge in [0.15, 0.2) is 0 Å². The van der Waals surface area contributed by atoms with E-state index < -0.39 is 0 Å². The number of urea groups is 1. The quantitative estimate of drug-likeness (QED) is 0.877. The number of amides is 2. The Morgan fingerprint density at radius 2 is 2.09 bits per heavy atom. The molecule has 2 rings (SSSR count). The summed E-state index contributed by atoms with van der Waals surface area (Å²) < 4.78 is 7.43. The van der Waals surface area contributed by atoms with E-state index in [0.29, 0.717) is 6.54 Å². The summed E-state index contributed by atoms with van der Waals surface area (Å²) in [6.45, 7) is 7.44. The van der Waals surface area contributed by atoms with Gasteiger partial charge in [-0.2, -0.15) is 5.10 Å². The van der Waals surface area contributed by atoms with Crippen LogP contribution in [0.2, 0.25) is 0 Å². The van der Waals surface area contributed by atoms with E-state index in [2.05, 4.69) is 22.7 Å². The molecule has 1 saturated carbocycles. The van der Waals surface area contributed by atoms with Crippen LogP contribution >= 0.6 is 0 Å². The normalized spacial score (nSPS) is 21.6. The van der Waals surface area contributed by atoms with Crippen molar-refractivity contribution in [2.75, 3.05) is 7.11 Å². The SMILES string of the molecule is CCn1nc(C)c(CNC(=O)N[C@@H]2CCCC[C@@H]2OC)c1C. The number of nitrogens with one attached hydrogen (secondary N) is 2. The average Bonchev–Trinajstić information content (AvgIpc) is 2.80. The van der Waals surface area contributed by atoms with Gasteiger partial charge < -0.3 is 15.4 Å². The van der Waals surface area contributed by atoms with Crippen molar-refractivity contribution in [1.29, 1.82) is 0 Å². The molecule has 6 heteroatoms. The van der Waals surface area contributed by atoms with Crippen molar-refractivity contribution in [1.82, 2.24) is 20.4 Å². The number of hydrogen-bond acceptors (Lipinski definition) is 3. The van der Waals surface area contributed by atoms with Gasteiger partial charge in [0.25, 0.3) is 0 Å². The van der Waals surface area contributed by atoms with Gasteiger partial charge in [-0.05, 0) is 33.6 Å². The van der Waals surface area contributed by atoms with Crippen molar-refractivity contribution in [2.45, 2.75) is 71.7 Å². The van der Waals surface area contributed by atoms with Crippen molar-refractivity contribution >= 4 is 6.03 Å². The van der Waals surface area contributed by atoms with E-state index in [1.54, 1.807) is 7.11 Å². The van der Waals surface area contributed by atoms with Crippen LogP contribution in [-0.4, -0.2) is 35.1 Å². The highest BCUT2D eigenvalue weighted by Gasteiger charge is 2.26. The van der Waals surface area contributed by atoms with E-state index in [4.69, 9.17) is 4.74 Å². The molecule has 2 N–H and O–H groups in total. The number of rotatable bonds is 5. The minimum absolute atomic E-state index is 0.110. The second kappa shape index (κ2) is 7.63. The van der Waals surface area contributed by atoms with Crippen molar-refractivity contribution in [3.05, 3.63) is 17.0 Å². The van der Waals surface area contributed by atoms with Crippen LogP contribution in [0.3, 0.4) is 0 Å². The van der Waals surface area contributed by atoms with E-state index in [0.717, 1.165) is 42.8 Å². The van der Waals surface area contributed by atoms with Gasteiger partial charge in [-0.15, -0.1) is 0 Å². The summed E-state index contributed by atoms with van der Waals surface area (Å²) in [5.74, 6) is 0. The number of aromatic nitrogens is 2. The number of carbonyl (C=O) groups excluding carboxylic acids is 1. The third-order valence-electron chi connectivity index (χ3n) is 4.58. The second-order valence-electron chi connectivity index (χ2n) is 5.96. The van der Waals surface area contributed by atoms with Crippen LogP contribution < -0.4 is 10.6 Å². The molecule has 1 aliphatic carbocycles. The maximum absolute atomic E-state index is 12.1. The molecule has 22 heavy (non-hydrogen) atoms. The van der Waals surface area contributed by atoms with Gasteiger partial charge in [-0.3, -0.25) is 4.68 Å². The van der Waals surface area contributed by atoms with Crippen LogP contribution in [0.1, 0.15) is 49.6 Å². The Morgan fingerprint density at radius 3 is 2.73 bits per heavy atom. The molecule has 1 aromatic rings. The van der Waals surface area contributed by atoms with E-state index in [9.17, 15) is 4.79 Å². The maximum atomic E-state index is 12.1. The fraction of sp³-hybridized carbons (Fsp3) is 0.750. The lowest BCUT2D eigenvalue weighted by Gasteiger charge is -2.31. The predicted octanol–water partition coefficient (Wildman–Crippen LogP) is 2.28. The third-order valence-corrected chi connectivity index (χ3v) is 4.58. The highest BCUT2D eigenvalue weighted by molar-refractivity contribution is 5.74. The van der Waals surface area contributed by atoms with Gasteiger partial charge in [0.2, 0.25) is 0 Å². The largest absolute Gasteiger partial charge is 0.379 e. The molecule has 1 aliphatic rings. The second-order valence-corrected chi connectivity index (χ2v) is 5.96. The van der Waals surface area contributed by atoms with Gasteiger partial charge in [0.1, 0.15) is 0 Å². The monoisotopic (exact) mass is 308 g/mol. The van der Waals surface area contributed by atoms with Crippen molar-refractivity contribution < 1.29 is 9.53 Å². The van der Waals surface area contributed by atoms with E-state index >= 15 is 0 Å². The number of carbonyl (C=O) groups is 1. The highest BCUT2D eigenvalue weighted by Crippen LogP contribution is 2.20. The van der Waals surface area contributed by atoms with E-state index in [1.807, 2.05) is 18.5 Å². The molecule has 0 aliphatic heterocycles. The Labute approximate surface area is 132 Å². The zero-order valence-electron chi connectivity index (χ0n) is 14.1. The Bertz CT molecular complexity index is 512. The van der Waals surface area contributed by atoms with Gasteiger partial charge in [0.05, 0.1) is 17.8 Å². The molecule has 6 nitrogen and oxygen atoms in total. The van der Waals surface area contributed by atoms with E-state index in [1.165, 1.54) is 6.42 Å². The predicted molar refractivity (Wildman–Crippen MR) is 85.8 cm³/mol. The molecule has 2 atom stereocenters. The summed E-state index contributed by atoms with van der Waals surface area (Å²) in [5, 5.41) is 10.5. The summed E-state index contributed by atoms with van der Waals surface area (Å²) in [6, 6.07) is -0.0173. The summed E-state index contributed by atoms with van der Waals surface area (Å²) in [7, 11) is 1.72. The van der Waals surface area contributed by atoms with Crippen molar-refractivity contribution in [3.63, 3.8) is 0 Å². The molecule has 2 amide bonds. The molecule has 1 heterocycles. The summed E-state index contributed by atoms with van der Waals surface area (Å²) in [5.41, 5.74) is 3.20. The molecule has 1 aromatic heterocycles. The van der Waals surface area contributed by atoms with Gasteiger partial charge >= 0.3 is 6.03 Å². The first-order valence-corrected chi connectivity index (χ1v) is 8.16. The number of aryl methyl sites for hydroxylation is 2. The molecule has 0 bridgehead atoms. The van der Waals surface area contributed by atoms with Gasteiger partial charge in [0, 0.05) is 31.5 Å². The fourth-order valence-electron chi connectivity index (χ4n) is 3.23. The Kier molecular flexibility index (Phi) is 5.83. The van der Waals surface area contributed by atoms with Crippen molar-refractivity contribution in [3.8, 4) is 0 Å². The maximum Gasteiger partial charge on any atom is 0.315 e. The molecule has 0 aromatic carbocycles. The molecule has 1 fully saturated rings. The summed E-state index contributed by atoms with van der Waals surface area (Å²) >= 11 is 0. The smallest absolute Gasteiger partial charge is 0.315 e. The summed E-state index contributed by atoms with van der Waals surface area (Å²) in [4.78, 5) is 12.1. The number of ether oxygens (including phenoxy) is 1.